The van der Waals surface area contributed by atoms with Crippen molar-refractivity contribution in [2.75, 3.05) is 27.4 Å². The molecular formula is C31H47NO4PPdSi+. The Balaban J connectivity index is 0.000000707. The van der Waals surface area contributed by atoms with Crippen LogP contribution in [0.4, 0.5) is 0 Å². The fourth-order valence-corrected chi connectivity index (χ4v) is 8.75. The maximum Gasteiger partial charge on any atom is 2.00 e. The molecule has 3 rings (SSSR count). The first-order valence-corrected chi connectivity index (χ1v) is 16.5. The van der Waals surface area contributed by atoms with Crippen molar-refractivity contribution >= 4 is 32.6 Å². The van der Waals surface area contributed by atoms with Crippen molar-refractivity contribution in [1.82, 2.24) is 0 Å². The molecule has 0 aliphatic heterocycles. The zero-order valence-corrected chi connectivity index (χ0v) is 27.8. The van der Waals surface area contributed by atoms with Crippen LogP contribution >= 0.6 is 7.92 Å². The number of benzene rings is 3. The average molecular weight is 663 g/mol. The molecule has 8 heteroatoms. The fourth-order valence-electron chi connectivity index (χ4n) is 4.19. The summed E-state index contributed by atoms with van der Waals surface area (Å²) in [6.07, 6.45) is 1.30. The number of aliphatic hydroxyl groups is 1. The number of nitrogens with zero attached hydrogens (tertiary/aromatic N) is 1. The first-order chi connectivity index (χ1) is 17.9. The van der Waals surface area contributed by atoms with Crippen LogP contribution in [-0.4, -0.2) is 53.4 Å². The van der Waals surface area contributed by atoms with Gasteiger partial charge >= 0.3 is 29.2 Å². The first kappa shape index (κ1) is 37.8. The Bertz CT molecular complexity index is 872. The van der Waals surface area contributed by atoms with E-state index in [4.69, 9.17) is 13.3 Å². The van der Waals surface area contributed by atoms with Crippen molar-refractivity contribution < 1.29 is 38.8 Å². The number of rotatable bonds is 14. The van der Waals surface area contributed by atoms with Gasteiger partial charge in [0.25, 0.3) is 0 Å². The van der Waals surface area contributed by atoms with Crippen LogP contribution in [0.25, 0.3) is 5.32 Å². The molecule has 39 heavy (non-hydrogen) atoms. The van der Waals surface area contributed by atoms with E-state index >= 15 is 0 Å². The van der Waals surface area contributed by atoms with Crippen molar-refractivity contribution in [3.05, 3.63) is 104 Å². The maximum absolute atomic E-state index is 9.24. The quantitative estimate of drug-likeness (QED) is 0.103. The molecule has 0 aromatic heterocycles. The minimum atomic E-state index is -2.46. The monoisotopic (exact) mass is 662 g/mol. The summed E-state index contributed by atoms with van der Waals surface area (Å²) in [4.78, 5) is 0. The molecule has 1 N–H and O–H groups in total. The van der Waals surface area contributed by atoms with Crippen LogP contribution in [0.5, 0.6) is 0 Å². The zero-order valence-electron chi connectivity index (χ0n) is 24.3. The van der Waals surface area contributed by atoms with Crippen molar-refractivity contribution in [3.63, 3.8) is 0 Å². The van der Waals surface area contributed by atoms with E-state index in [1.54, 1.807) is 21.1 Å². The molecule has 0 aliphatic rings. The normalized spacial score (nSPS) is 12.4. The van der Waals surface area contributed by atoms with Crippen LogP contribution in [0.2, 0.25) is 6.04 Å². The molecule has 2 unspecified atom stereocenters. The van der Waals surface area contributed by atoms with E-state index in [-0.39, 0.29) is 40.0 Å². The van der Waals surface area contributed by atoms with Gasteiger partial charge < -0.3 is 31.1 Å². The standard InChI is InChI=1S/C18H15P.C12H28NO4Si.CH3.Pd/c1-4-10-16(11-5-1)19(17-12-6-2-7-13-17)18-14-8-3-9-15-18;1-6-17-18(15-4,16-5)9-7-8-13-11(2)10-12(3)14;;/h1-15H;11-12,14H,6-10H2,1-5H3;1H3;/q;2*-1;+2/p+1. The van der Waals surface area contributed by atoms with Gasteiger partial charge in [-0.2, -0.15) is 0 Å². The predicted molar refractivity (Wildman–Crippen MR) is 168 cm³/mol. The van der Waals surface area contributed by atoms with Crippen LogP contribution in [-0.2, 0) is 33.7 Å². The van der Waals surface area contributed by atoms with Gasteiger partial charge in [0.05, 0.1) is 7.92 Å². The topological polar surface area (TPSA) is 62.0 Å². The van der Waals surface area contributed by atoms with Crippen molar-refractivity contribution in [3.8, 4) is 0 Å². The van der Waals surface area contributed by atoms with E-state index < -0.39 is 16.7 Å². The second-order valence-electron chi connectivity index (χ2n) is 8.94. The van der Waals surface area contributed by atoms with Crippen LogP contribution in [0.15, 0.2) is 91.0 Å². The third-order valence-electron chi connectivity index (χ3n) is 5.94. The molecule has 0 saturated carbocycles. The second kappa shape index (κ2) is 21.5. The fraction of sp³-hybridized carbons (Fsp3) is 0.387. The minimum absolute atomic E-state index is 0. The summed E-state index contributed by atoms with van der Waals surface area (Å²) in [5.74, 6) is 0. The third kappa shape index (κ3) is 13.8. The van der Waals surface area contributed by atoms with Gasteiger partial charge in [0.2, 0.25) is 0 Å². The molecular weight excluding hydrogens is 616 g/mol. The van der Waals surface area contributed by atoms with Gasteiger partial charge in [0.1, 0.15) is 15.9 Å². The first-order valence-electron chi connectivity index (χ1n) is 13.1. The Morgan fingerprint density at radius 3 is 1.54 bits per heavy atom. The van der Waals surface area contributed by atoms with Crippen LogP contribution < -0.4 is 15.9 Å². The Morgan fingerprint density at radius 1 is 0.795 bits per heavy atom. The summed E-state index contributed by atoms with van der Waals surface area (Å²) in [5.41, 5.74) is 0. The molecule has 3 aromatic rings. The van der Waals surface area contributed by atoms with E-state index in [2.05, 4.69) is 96.3 Å². The molecule has 5 nitrogen and oxygen atoms in total. The van der Waals surface area contributed by atoms with Crippen LogP contribution in [0, 0.1) is 7.43 Å². The van der Waals surface area contributed by atoms with E-state index in [1.165, 1.54) is 15.9 Å². The van der Waals surface area contributed by atoms with Crippen LogP contribution in [0.3, 0.4) is 0 Å². The zero-order chi connectivity index (χ0) is 26.9. The molecule has 218 valence electrons. The van der Waals surface area contributed by atoms with Crippen LogP contribution in [0.1, 0.15) is 33.6 Å². The van der Waals surface area contributed by atoms with Crippen molar-refractivity contribution in [1.29, 1.82) is 0 Å². The smallest absolute Gasteiger partial charge is 0.660 e. The Morgan fingerprint density at radius 2 is 1.21 bits per heavy atom. The molecule has 0 bridgehead atoms. The maximum atomic E-state index is 9.24. The molecule has 0 heterocycles. The van der Waals surface area contributed by atoms with Gasteiger partial charge in [0, 0.05) is 33.0 Å². The molecule has 0 fully saturated rings. The largest absolute Gasteiger partial charge is 2.00 e. The third-order valence-corrected chi connectivity index (χ3v) is 11.6. The molecule has 0 amide bonds. The van der Waals surface area contributed by atoms with Gasteiger partial charge in [-0.1, -0.05) is 67.9 Å². The number of aliphatic hydroxyl groups excluding tert-OH is 1. The molecule has 0 spiro atoms. The predicted octanol–water partition coefficient (Wildman–Crippen LogP) is 5.80. The van der Waals surface area contributed by atoms with E-state index in [0.717, 1.165) is 19.0 Å². The molecule has 0 radical (unpaired) electrons. The van der Waals surface area contributed by atoms with E-state index in [1.807, 2.05) is 13.8 Å². The SMILES string of the molecule is CCO[Si](CCC[N-]C(C)CC(C)O)(OC)OC.[CH3-].[Pd+2].c1ccc([PH+](c2ccccc2)c2ccccc2)cc1. The molecule has 3 aromatic carbocycles. The Hall–Kier alpha value is -1.23. The average Bonchev–Trinajstić information content (AvgIpc) is 2.92. The molecule has 0 aliphatic carbocycles. The van der Waals surface area contributed by atoms with Gasteiger partial charge in [0.15, 0.2) is 0 Å². The summed E-state index contributed by atoms with van der Waals surface area (Å²) >= 11 is 0. The van der Waals surface area contributed by atoms with E-state index in [9.17, 15) is 5.11 Å². The second-order valence-corrected chi connectivity index (χ2v) is 14.4. The summed E-state index contributed by atoms with van der Waals surface area (Å²) < 4.78 is 16.4. The summed E-state index contributed by atoms with van der Waals surface area (Å²) in [6, 6.07) is 33.5. The Kier molecular flexibility index (Phi) is 20.8. The van der Waals surface area contributed by atoms with Crippen molar-refractivity contribution in [2.24, 2.45) is 0 Å². The van der Waals surface area contributed by atoms with E-state index in [0.29, 0.717) is 13.0 Å². The van der Waals surface area contributed by atoms with Crippen molar-refractivity contribution in [2.45, 2.75) is 51.8 Å². The molecule has 2 atom stereocenters. The summed E-state index contributed by atoms with van der Waals surface area (Å²) in [5, 5.41) is 18.0. The van der Waals surface area contributed by atoms with Gasteiger partial charge in [-0.25, -0.2) is 0 Å². The van der Waals surface area contributed by atoms with Gasteiger partial charge in [-0.15, -0.1) is 12.6 Å². The number of hydrogen-bond donors (Lipinski definition) is 1. The minimum Gasteiger partial charge on any atom is -0.660 e. The summed E-state index contributed by atoms with van der Waals surface area (Å²) in [7, 11) is -0.0592. The number of hydrogen-bond acceptors (Lipinski definition) is 4. The molecule has 0 saturated heterocycles. The Labute approximate surface area is 253 Å². The summed E-state index contributed by atoms with van der Waals surface area (Å²) in [6.45, 7) is 7.10. The van der Waals surface area contributed by atoms with Gasteiger partial charge in [-0.3, -0.25) is 0 Å². The van der Waals surface area contributed by atoms with Gasteiger partial charge in [-0.05, 0) is 56.7 Å².